The van der Waals surface area contributed by atoms with E-state index in [1.165, 1.54) is 5.56 Å². The molecule has 1 saturated heterocycles. The molecule has 1 aromatic carbocycles. The largest absolute Gasteiger partial charge is 0.339 e. The fourth-order valence-electron chi connectivity index (χ4n) is 3.22. The predicted octanol–water partition coefficient (Wildman–Crippen LogP) is 3.03. The topological polar surface area (TPSA) is 40.6 Å². The smallest absolute Gasteiger partial charge is 0.236 e. The third-order valence-electron chi connectivity index (χ3n) is 4.95. The molecular formula is C20H28N2O2S. The molecule has 1 saturated carbocycles. The van der Waals surface area contributed by atoms with Gasteiger partial charge in [-0.15, -0.1) is 11.8 Å². The zero-order valence-corrected chi connectivity index (χ0v) is 16.0. The SMILES string of the molecule is CC(C)C(SCc1ccccc1)C(=O)N1CCN(C(=O)C2CC2)CC1. The molecular weight excluding hydrogens is 332 g/mol. The maximum atomic E-state index is 13.0. The summed E-state index contributed by atoms with van der Waals surface area (Å²) < 4.78 is 0. The Bertz CT molecular complexity index is 593. The second-order valence-corrected chi connectivity index (χ2v) is 8.52. The van der Waals surface area contributed by atoms with E-state index in [4.69, 9.17) is 0 Å². The Morgan fingerprint density at radius 1 is 1.04 bits per heavy atom. The summed E-state index contributed by atoms with van der Waals surface area (Å²) in [4.78, 5) is 29.0. The van der Waals surface area contributed by atoms with Crippen molar-refractivity contribution in [1.29, 1.82) is 0 Å². The van der Waals surface area contributed by atoms with Gasteiger partial charge in [0.1, 0.15) is 0 Å². The molecule has 1 atom stereocenters. The van der Waals surface area contributed by atoms with Crippen LogP contribution in [0.1, 0.15) is 32.3 Å². The van der Waals surface area contributed by atoms with Crippen molar-refractivity contribution in [2.24, 2.45) is 11.8 Å². The number of benzene rings is 1. The molecule has 1 heterocycles. The van der Waals surface area contributed by atoms with E-state index in [0.29, 0.717) is 38.0 Å². The lowest BCUT2D eigenvalue weighted by Gasteiger charge is -2.37. The highest BCUT2D eigenvalue weighted by atomic mass is 32.2. The molecule has 136 valence electrons. The fraction of sp³-hybridized carbons (Fsp3) is 0.600. The summed E-state index contributed by atoms with van der Waals surface area (Å²) in [6.07, 6.45) is 2.09. The van der Waals surface area contributed by atoms with Crippen LogP contribution in [-0.4, -0.2) is 53.0 Å². The summed E-state index contributed by atoms with van der Waals surface area (Å²) in [6, 6.07) is 10.3. The zero-order chi connectivity index (χ0) is 17.8. The fourth-order valence-corrected chi connectivity index (χ4v) is 4.47. The van der Waals surface area contributed by atoms with Gasteiger partial charge in [-0.2, -0.15) is 0 Å². The number of hydrogen-bond acceptors (Lipinski definition) is 3. The number of piperazine rings is 1. The van der Waals surface area contributed by atoms with Gasteiger partial charge in [0.05, 0.1) is 5.25 Å². The van der Waals surface area contributed by atoms with Crippen molar-refractivity contribution >= 4 is 23.6 Å². The highest BCUT2D eigenvalue weighted by Gasteiger charge is 2.36. The van der Waals surface area contributed by atoms with E-state index >= 15 is 0 Å². The molecule has 1 aromatic rings. The molecule has 0 bridgehead atoms. The molecule has 1 aliphatic heterocycles. The van der Waals surface area contributed by atoms with Crippen LogP contribution in [-0.2, 0) is 15.3 Å². The Morgan fingerprint density at radius 2 is 1.64 bits per heavy atom. The summed E-state index contributed by atoms with van der Waals surface area (Å²) in [7, 11) is 0. The molecule has 4 nitrogen and oxygen atoms in total. The number of thioether (sulfide) groups is 1. The van der Waals surface area contributed by atoms with E-state index in [9.17, 15) is 9.59 Å². The zero-order valence-electron chi connectivity index (χ0n) is 15.2. The Balaban J connectivity index is 1.53. The number of carbonyl (C=O) groups excluding carboxylic acids is 2. The number of hydrogen-bond donors (Lipinski definition) is 0. The van der Waals surface area contributed by atoms with Gasteiger partial charge in [-0.3, -0.25) is 9.59 Å². The summed E-state index contributed by atoms with van der Waals surface area (Å²) in [5, 5.41) is -0.0223. The van der Waals surface area contributed by atoms with Crippen LogP contribution >= 0.6 is 11.8 Å². The van der Waals surface area contributed by atoms with Crippen molar-refractivity contribution in [2.75, 3.05) is 26.2 Å². The summed E-state index contributed by atoms with van der Waals surface area (Å²) in [6.45, 7) is 6.96. The Kier molecular flexibility index (Phi) is 6.05. The molecule has 0 radical (unpaired) electrons. The van der Waals surface area contributed by atoms with Crippen LogP contribution in [0.5, 0.6) is 0 Å². The van der Waals surface area contributed by atoms with E-state index in [-0.39, 0.29) is 17.1 Å². The molecule has 25 heavy (non-hydrogen) atoms. The average Bonchev–Trinajstić information content (AvgIpc) is 3.47. The quantitative estimate of drug-likeness (QED) is 0.783. The van der Waals surface area contributed by atoms with Crippen molar-refractivity contribution in [3.05, 3.63) is 35.9 Å². The molecule has 0 spiro atoms. The molecule has 1 aliphatic carbocycles. The van der Waals surface area contributed by atoms with Crippen LogP contribution in [0.2, 0.25) is 0 Å². The summed E-state index contributed by atoms with van der Waals surface area (Å²) >= 11 is 1.73. The van der Waals surface area contributed by atoms with Gasteiger partial charge in [0.2, 0.25) is 11.8 Å². The van der Waals surface area contributed by atoms with Gasteiger partial charge in [-0.1, -0.05) is 44.2 Å². The molecule has 2 aliphatic rings. The van der Waals surface area contributed by atoms with Crippen LogP contribution in [0, 0.1) is 11.8 Å². The monoisotopic (exact) mass is 360 g/mol. The Hall–Kier alpha value is -1.49. The van der Waals surface area contributed by atoms with Crippen molar-refractivity contribution in [1.82, 2.24) is 9.80 Å². The molecule has 2 fully saturated rings. The molecule has 2 amide bonds. The normalized spacial score (nSPS) is 19.2. The first-order valence-electron chi connectivity index (χ1n) is 9.29. The second-order valence-electron chi connectivity index (χ2n) is 7.39. The lowest BCUT2D eigenvalue weighted by molar-refractivity contribution is -0.140. The van der Waals surface area contributed by atoms with Crippen LogP contribution < -0.4 is 0 Å². The predicted molar refractivity (Wildman–Crippen MR) is 102 cm³/mol. The highest BCUT2D eigenvalue weighted by molar-refractivity contribution is 7.99. The van der Waals surface area contributed by atoms with Crippen LogP contribution in [0.25, 0.3) is 0 Å². The molecule has 0 aromatic heterocycles. The van der Waals surface area contributed by atoms with Crippen molar-refractivity contribution < 1.29 is 9.59 Å². The van der Waals surface area contributed by atoms with Gasteiger partial charge in [0.15, 0.2) is 0 Å². The van der Waals surface area contributed by atoms with Crippen molar-refractivity contribution in [3.8, 4) is 0 Å². The van der Waals surface area contributed by atoms with Gasteiger partial charge >= 0.3 is 0 Å². The Labute approximate surface area is 154 Å². The van der Waals surface area contributed by atoms with Crippen molar-refractivity contribution in [2.45, 2.75) is 37.7 Å². The van der Waals surface area contributed by atoms with Gasteiger partial charge in [-0.25, -0.2) is 0 Å². The first-order valence-corrected chi connectivity index (χ1v) is 10.3. The van der Waals surface area contributed by atoms with E-state index in [0.717, 1.165) is 18.6 Å². The van der Waals surface area contributed by atoms with Crippen molar-refractivity contribution in [3.63, 3.8) is 0 Å². The van der Waals surface area contributed by atoms with E-state index in [1.807, 2.05) is 28.0 Å². The number of carbonyl (C=O) groups is 2. The van der Waals surface area contributed by atoms with Crippen LogP contribution in [0.4, 0.5) is 0 Å². The molecule has 1 unspecified atom stereocenters. The molecule has 5 heteroatoms. The van der Waals surface area contributed by atoms with E-state index < -0.39 is 0 Å². The summed E-state index contributed by atoms with van der Waals surface area (Å²) in [5.74, 6) is 1.95. The van der Waals surface area contributed by atoms with Crippen LogP contribution in [0.15, 0.2) is 30.3 Å². The van der Waals surface area contributed by atoms with Gasteiger partial charge in [0.25, 0.3) is 0 Å². The third kappa shape index (κ3) is 4.78. The van der Waals surface area contributed by atoms with E-state index in [2.05, 4.69) is 26.0 Å². The first-order chi connectivity index (χ1) is 12.1. The van der Waals surface area contributed by atoms with Gasteiger partial charge in [-0.05, 0) is 24.3 Å². The minimum Gasteiger partial charge on any atom is -0.339 e. The molecule has 0 N–H and O–H groups in total. The number of amides is 2. The standard InChI is InChI=1S/C20H28N2O2S/c1-15(2)18(25-14-16-6-4-3-5-7-16)20(24)22-12-10-21(11-13-22)19(23)17-8-9-17/h3-7,15,17-18H,8-14H2,1-2H3. The average molecular weight is 361 g/mol. The van der Waals surface area contributed by atoms with Gasteiger partial charge in [0, 0.05) is 37.8 Å². The Morgan fingerprint density at radius 3 is 2.20 bits per heavy atom. The van der Waals surface area contributed by atoms with E-state index in [1.54, 1.807) is 11.8 Å². The lowest BCUT2D eigenvalue weighted by Crippen LogP contribution is -2.53. The van der Waals surface area contributed by atoms with Gasteiger partial charge < -0.3 is 9.80 Å². The molecule has 3 rings (SSSR count). The number of nitrogens with zero attached hydrogens (tertiary/aromatic N) is 2. The first kappa shape index (κ1) is 18.3. The second kappa shape index (κ2) is 8.26. The maximum Gasteiger partial charge on any atom is 0.236 e. The van der Waals surface area contributed by atoms with Crippen LogP contribution in [0.3, 0.4) is 0 Å². The lowest BCUT2D eigenvalue weighted by atomic mass is 10.1. The summed E-state index contributed by atoms with van der Waals surface area (Å²) in [5.41, 5.74) is 1.26. The highest BCUT2D eigenvalue weighted by Crippen LogP contribution is 2.31. The number of rotatable bonds is 6. The third-order valence-corrected chi connectivity index (χ3v) is 6.56. The minimum absolute atomic E-state index is 0.0223. The minimum atomic E-state index is -0.0223. The maximum absolute atomic E-state index is 13.0.